The molecule has 5 rings (SSSR count). The van der Waals surface area contributed by atoms with E-state index in [4.69, 9.17) is 11.6 Å². The Balaban J connectivity index is 1.25. The molecule has 1 aromatic heterocycles. The van der Waals surface area contributed by atoms with Gasteiger partial charge in [-0.1, -0.05) is 23.7 Å². The molecular weight excluding hydrogens is 480 g/mol. The zero-order chi connectivity index (χ0) is 23.0. The third-order valence-corrected chi connectivity index (χ3v) is 8.68. The fraction of sp³-hybridized carbons (Fsp3) is 0.304. The van der Waals surface area contributed by atoms with Crippen LogP contribution >= 0.6 is 22.9 Å². The van der Waals surface area contributed by atoms with E-state index in [2.05, 4.69) is 20.7 Å². The number of nitrogens with one attached hydrogen (secondary N) is 1. The number of carbonyl (C=O) groups excluding carboxylic acids is 1. The molecule has 2 aliphatic rings. The maximum absolute atomic E-state index is 13.2. The number of benzene rings is 2. The predicted octanol–water partition coefficient (Wildman–Crippen LogP) is 4.19. The number of rotatable bonds is 6. The number of carbonyl (C=O) groups is 1. The summed E-state index contributed by atoms with van der Waals surface area (Å²) in [7, 11) is -3.72. The molecule has 0 bridgehead atoms. The summed E-state index contributed by atoms with van der Waals surface area (Å²) in [6, 6.07) is 14.2. The van der Waals surface area contributed by atoms with E-state index in [-0.39, 0.29) is 16.8 Å². The number of hydrogen-bond donors (Lipinski definition) is 1. The van der Waals surface area contributed by atoms with E-state index >= 15 is 0 Å². The smallest absolute Gasteiger partial charge is 0.263 e. The first-order valence-electron chi connectivity index (χ1n) is 10.7. The van der Waals surface area contributed by atoms with Crippen molar-refractivity contribution in [3.63, 3.8) is 0 Å². The summed E-state index contributed by atoms with van der Waals surface area (Å²) < 4.78 is 27.6. The van der Waals surface area contributed by atoms with Gasteiger partial charge in [-0.05, 0) is 67.3 Å². The normalized spacial score (nSPS) is 21.6. The van der Waals surface area contributed by atoms with Crippen molar-refractivity contribution in [1.29, 1.82) is 0 Å². The average molecular weight is 503 g/mol. The van der Waals surface area contributed by atoms with E-state index in [9.17, 15) is 13.2 Å². The lowest BCUT2D eigenvalue weighted by Gasteiger charge is -2.23. The van der Waals surface area contributed by atoms with Gasteiger partial charge in [0.15, 0.2) is 5.13 Å². The Labute approximate surface area is 202 Å². The number of aromatic nitrogens is 1. The second-order valence-electron chi connectivity index (χ2n) is 8.27. The predicted molar refractivity (Wildman–Crippen MR) is 131 cm³/mol. The van der Waals surface area contributed by atoms with Gasteiger partial charge in [-0.15, -0.1) is 11.3 Å². The van der Waals surface area contributed by atoms with Crippen LogP contribution in [0.4, 0.5) is 10.8 Å². The van der Waals surface area contributed by atoms with Crippen LogP contribution in [0, 0.1) is 0 Å². The monoisotopic (exact) mass is 502 g/mol. The summed E-state index contributed by atoms with van der Waals surface area (Å²) in [4.78, 5) is 21.3. The lowest BCUT2D eigenvalue weighted by molar-refractivity contribution is -0.121. The number of hydrogen-bond acceptors (Lipinski definition) is 6. The van der Waals surface area contributed by atoms with Crippen LogP contribution in [0.25, 0.3) is 0 Å². The van der Waals surface area contributed by atoms with Crippen molar-refractivity contribution in [2.75, 3.05) is 29.3 Å². The molecule has 2 saturated heterocycles. The molecule has 172 valence electrons. The highest BCUT2D eigenvalue weighted by atomic mass is 35.5. The van der Waals surface area contributed by atoms with Crippen molar-refractivity contribution in [2.24, 2.45) is 0 Å². The number of nitrogens with zero attached hydrogens (tertiary/aromatic N) is 3. The molecule has 2 aromatic carbocycles. The quantitative estimate of drug-likeness (QED) is 0.546. The summed E-state index contributed by atoms with van der Waals surface area (Å²) >= 11 is 7.37. The maximum atomic E-state index is 13.2. The minimum absolute atomic E-state index is 0.0678. The molecule has 0 aliphatic carbocycles. The van der Waals surface area contributed by atoms with Crippen LogP contribution in [0.2, 0.25) is 5.02 Å². The zero-order valence-electron chi connectivity index (χ0n) is 17.7. The molecule has 10 heteroatoms. The first-order valence-corrected chi connectivity index (χ1v) is 13.5. The minimum atomic E-state index is -3.72. The molecule has 1 N–H and O–H groups in total. The van der Waals surface area contributed by atoms with Gasteiger partial charge in [-0.25, -0.2) is 13.4 Å². The average Bonchev–Trinajstić information content (AvgIpc) is 3.55. The van der Waals surface area contributed by atoms with Crippen molar-refractivity contribution in [2.45, 2.75) is 29.7 Å². The minimum Gasteiger partial charge on any atom is -0.311 e. The van der Waals surface area contributed by atoms with Crippen LogP contribution in [0.1, 0.15) is 24.3 Å². The molecule has 3 aromatic rings. The lowest BCUT2D eigenvalue weighted by atomic mass is 9.99. The first kappa shape index (κ1) is 22.3. The van der Waals surface area contributed by atoms with Crippen molar-refractivity contribution in [3.8, 4) is 0 Å². The molecule has 2 aliphatic heterocycles. The Hall–Kier alpha value is -2.46. The molecular formula is C23H23ClN4O3S2. The number of likely N-dealkylation sites (tertiary alicyclic amines) is 1. The Morgan fingerprint density at radius 3 is 2.64 bits per heavy atom. The van der Waals surface area contributed by atoms with Gasteiger partial charge in [0.05, 0.1) is 10.9 Å². The van der Waals surface area contributed by atoms with Gasteiger partial charge in [0.1, 0.15) is 0 Å². The van der Waals surface area contributed by atoms with Gasteiger partial charge in [0, 0.05) is 35.4 Å². The highest BCUT2D eigenvalue weighted by Crippen LogP contribution is 2.33. The summed E-state index contributed by atoms with van der Waals surface area (Å²) in [6.45, 7) is 2.33. The summed E-state index contributed by atoms with van der Waals surface area (Å²) in [6.07, 6.45) is 3.30. The number of halogens is 1. The van der Waals surface area contributed by atoms with Gasteiger partial charge in [-0.3, -0.25) is 14.4 Å². The van der Waals surface area contributed by atoms with Crippen molar-refractivity contribution in [3.05, 3.63) is 70.7 Å². The zero-order valence-corrected chi connectivity index (χ0v) is 20.1. The number of sulfonamides is 1. The molecule has 3 heterocycles. The highest BCUT2D eigenvalue weighted by molar-refractivity contribution is 7.93. The van der Waals surface area contributed by atoms with Gasteiger partial charge >= 0.3 is 0 Å². The number of amides is 1. The molecule has 2 fully saturated rings. The van der Waals surface area contributed by atoms with Gasteiger partial charge in [-0.2, -0.15) is 0 Å². The molecule has 2 atom stereocenters. The third-order valence-electron chi connectivity index (χ3n) is 6.27. The molecule has 7 nitrogen and oxygen atoms in total. The SMILES string of the molecule is O=C1[C@@H](N2CCC(c3cccc(Cl)c3)C2)CCN1c1ccc(S(=O)(=O)Nc2nccs2)cc1. The summed E-state index contributed by atoms with van der Waals surface area (Å²) in [5, 5.41) is 2.76. The Morgan fingerprint density at radius 1 is 1.09 bits per heavy atom. The standard InChI is InChI=1S/C23H23ClN4O3S2/c24-18-3-1-2-16(14-18)17-8-11-27(15-17)21-9-12-28(22(21)29)19-4-6-20(7-5-19)33(30,31)26-23-25-10-13-32-23/h1-7,10,13-14,17,21H,8-9,11-12,15H2,(H,25,26)/t17?,21-/m0/s1. The van der Waals surface area contributed by atoms with Crippen LogP contribution < -0.4 is 9.62 Å². The number of anilines is 2. The van der Waals surface area contributed by atoms with E-state index in [1.807, 2.05) is 18.2 Å². The topological polar surface area (TPSA) is 82.6 Å². The first-order chi connectivity index (χ1) is 15.9. The second kappa shape index (κ2) is 9.06. The summed E-state index contributed by atoms with van der Waals surface area (Å²) in [5.41, 5.74) is 1.93. The summed E-state index contributed by atoms with van der Waals surface area (Å²) in [5.74, 6) is 0.443. The maximum Gasteiger partial charge on any atom is 0.263 e. The van der Waals surface area contributed by atoms with E-state index in [1.54, 1.807) is 28.6 Å². The largest absolute Gasteiger partial charge is 0.311 e. The van der Waals surface area contributed by atoms with E-state index in [0.717, 1.165) is 31.0 Å². The Kier molecular flexibility index (Phi) is 6.13. The van der Waals surface area contributed by atoms with Gasteiger partial charge in [0.25, 0.3) is 10.0 Å². The molecule has 0 saturated carbocycles. The van der Waals surface area contributed by atoms with Crippen LogP contribution in [0.15, 0.2) is 65.0 Å². The van der Waals surface area contributed by atoms with E-state index in [1.165, 1.54) is 29.0 Å². The lowest BCUT2D eigenvalue weighted by Crippen LogP contribution is -2.40. The van der Waals surface area contributed by atoms with E-state index in [0.29, 0.717) is 23.3 Å². The van der Waals surface area contributed by atoms with Gasteiger partial charge < -0.3 is 4.90 Å². The van der Waals surface area contributed by atoms with Crippen molar-refractivity contribution >= 4 is 49.7 Å². The highest BCUT2D eigenvalue weighted by Gasteiger charge is 2.39. The van der Waals surface area contributed by atoms with Crippen molar-refractivity contribution in [1.82, 2.24) is 9.88 Å². The Morgan fingerprint density at radius 2 is 1.91 bits per heavy atom. The van der Waals surface area contributed by atoms with Crippen LogP contribution in [0.5, 0.6) is 0 Å². The van der Waals surface area contributed by atoms with Crippen LogP contribution in [0.3, 0.4) is 0 Å². The molecule has 33 heavy (non-hydrogen) atoms. The van der Waals surface area contributed by atoms with Crippen LogP contribution in [-0.2, 0) is 14.8 Å². The molecule has 1 unspecified atom stereocenters. The van der Waals surface area contributed by atoms with Gasteiger partial charge in [0.2, 0.25) is 5.91 Å². The fourth-order valence-electron chi connectivity index (χ4n) is 4.62. The van der Waals surface area contributed by atoms with Crippen LogP contribution in [-0.4, -0.2) is 49.9 Å². The molecule has 0 radical (unpaired) electrons. The van der Waals surface area contributed by atoms with E-state index < -0.39 is 10.0 Å². The molecule has 1 amide bonds. The number of thiazole rings is 1. The fourth-order valence-corrected chi connectivity index (χ4v) is 6.60. The Bertz CT molecular complexity index is 1250. The third kappa shape index (κ3) is 4.63. The van der Waals surface area contributed by atoms with Crippen molar-refractivity contribution < 1.29 is 13.2 Å². The second-order valence-corrected chi connectivity index (χ2v) is 11.3. The molecule has 0 spiro atoms.